The van der Waals surface area contributed by atoms with Crippen molar-refractivity contribution in [3.05, 3.63) is 27.8 Å². The highest BCUT2D eigenvalue weighted by molar-refractivity contribution is 6.32. The number of hydrogen-bond acceptors (Lipinski definition) is 3. The lowest BCUT2D eigenvalue weighted by Crippen LogP contribution is -2.49. The number of piperazine rings is 1. The van der Waals surface area contributed by atoms with Gasteiger partial charge >= 0.3 is 0 Å². The predicted molar refractivity (Wildman–Crippen MR) is 102 cm³/mol. The average Bonchev–Trinajstić information content (AvgIpc) is 2.44. The van der Waals surface area contributed by atoms with Gasteiger partial charge in [-0.15, -0.1) is 24.8 Å². The summed E-state index contributed by atoms with van der Waals surface area (Å²) in [5.41, 5.74) is 3.46. The van der Waals surface area contributed by atoms with Crippen molar-refractivity contribution in [1.82, 2.24) is 10.2 Å². The third kappa shape index (κ3) is 4.08. The molecule has 2 heterocycles. The van der Waals surface area contributed by atoms with E-state index in [1.165, 1.54) is 11.1 Å². The van der Waals surface area contributed by atoms with Crippen LogP contribution >= 0.6 is 36.4 Å². The van der Waals surface area contributed by atoms with Gasteiger partial charge in [0.1, 0.15) is 11.4 Å². The number of fused-ring (bicyclic) bond motifs is 1. The summed E-state index contributed by atoms with van der Waals surface area (Å²) in [5, 5.41) is 4.32. The van der Waals surface area contributed by atoms with Gasteiger partial charge in [-0.25, -0.2) is 0 Å². The Morgan fingerprint density at radius 2 is 1.83 bits per heavy atom. The summed E-state index contributed by atoms with van der Waals surface area (Å²) in [6.07, 6.45) is 1.01. The summed E-state index contributed by atoms with van der Waals surface area (Å²) in [4.78, 5) is 2.58. The molecule has 23 heavy (non-hydrogen) atoms. The fourth-order valence-corrected chi connectivity index (χ4v) is 3.80. The normalized spacial score (nSPS) is 23.1. The van der Waals surface area contributed by atoms with Crippen LogP contribution in [0.2, 0.25) is 5.02 Å². The van der Waals surface area contributed by atoms with Gasteiger partial charge in [-0.3, -0.25) is 4.90 Å². The van der Waals surface area contributed by atoms with Crippen molar-refractivity contribution in [1.29, 1.82) is 0 Å². The number of hydrogen-bond donors (Lipinski definition) is 1. The average molecular weight is 382 g/mol. The molecule has 0 spiro atoms. The van der Waals surface area contributed by atoms with E-state index in [9.17, 15) is 0 Å². The van der Waals surface area contributed by atoms with Crippen molar-refractivity contribution in [2.45, 2.75) is 45.8 Å². The molecule has 132 valence electrons. The third-order valence-electron chi connectivity index (χ3n) is 4.69. The second-order valence-electron chi connectivity index (χ2n) is 6.91. The fourth-order valence-electron chi connectivity index (χ4n) is 3.65. The molecule has 0 bridgehead atoms. The first-order valence-electron chi connectivity index (χ1n) is 7.82. The zero-order valence-electron chi connectivity index (χ0n) is 14.2. The molecule has 2 aliphatic heterocycles. The second-order valence-corrected chi connectivity index (χ2v) is 7.29. The quantitative estimate of drug-likeness (QED) is 0.784. The Kier molecular flexibility index (Phi) is 7.07. The monoisotopic (exact) mass is 380 g/mol. The highest BCUT2D eigenvalue weighted by atomic mass is 35.5. The highest BCUT2D eigenvalue weighted by Gasteiger charge is 2.38. The fraction of sp³-hybridized carbons (Fsp3) is 0.647. The van der Waals surface area contributed by atoms with E-state index in [1.807, 2.05) is 0 Å². The van der Waals surface area contributed by atoms with E-state index < -0.39 is 0 Å². The van der Waals surface area contributed by atoms with Crippen LogP contribution in [0.25, 0.3) is 0 Å². The molecule has 1 aromatic carbocycles. The number of nitrogens with zero attached hydrogens (tertiary/aromatic N) is 1. The molecule has 0 aliphatic carbocycles. The molecule has 1 unspecified atom stereocenters. The minimum atomic E-state index is -0.130. The van der Waals surface area contributed by atoms with Gasteiger partial charge in [0.05, 0.1) is 0 Å². The Labute approximate surface area is 156 Å². The van der Waals surface area contributed by atoms with Crippen LogP contribution in [-0.4, -0.2) is 36.7 Å². The van der Waals surface area contributed by atoms with Gasteiger partial charge in [-0.1, -0.05) is 11.6 Å². The van der Waals surface area contributed by atoms with Crippen LogP contribution in [0.15, 0.2) is 6.07 Å². The SMILES string of the molecule is Cc1cc2c(c(C)c1Cl)C(N1CCNCC1)CC(C)(C)O2.Cl.Cl. The molecule has 3 rings (SSSR count). The molecule has 1 fully saturated rings. The zero-order valence-corrected chi connectivity index (χ0v) is 16.6. The zero-order chi connectivity index (χ0) is 15.2. The van der Waals surface area contributed by atoms with Crippen molar-refractivity contribution in [2.24, 2.45) is 0 Å². The minimum absolute atomic E-state index is 0. The Bertz CT molecular complexity index is 557. The molecule has 6 heteroatoms. The van der Waals surface area contributed by atoms with E-state index in [0.29, 0.717) is 6.04 Å². The van der Waals surface area contributed by atoms with Gasteiger partial charge in [0, 0.05) is 49.2 Å². The van der Waals surface area contributed by atoms with Gasteiger partial charge in [0.15, 0.2) is 0 Å². The largest absolute Gasteiger partial charge is 0.487 e. The molecule has 0 amide bonds. The van der Waals surface area contributed by atoms with Crippen LogP contribution < -0.4 is 10.1 Å². The summed E-state index contributed by atoms with van der Waals surface area (Å²) < 4.78 is 6.26. The second kappa shape index (κ2) is 7.79. The maximum absolute atomic E-state index is 6.50. The first-order chi connectivity index (χ1) is 9.89. The van der Waals surface area contributed by atoms with E-state index in [4.69, 9.17) is 16.3 Å². The van der Waals surface area contributed by atoms with E-state index in [2.05, 4.69) is 44.0 Å². The Morgan fingerprint density at radius 1 is 1.22 bits per heavy atom. The standard InChI is InChI=1S/C17H25ClN2O.2ClH/c1-11-9-14-15(12(2)16(11)18)13(10-17(3,4)21-14)20-7-5-19-6-8-20;;/h9,13,19H,5-8,10H2,1-4H3;2*1H. The van der Waals surface area contributed by atoms with Crippen LogP contribution in [-0.2, 0) is 0 Å². The molecule has 3 nitrogen and oxygen atoms in total. The molecule has 1 aromatic rings. The first-order valence-corrected chi connectivity index (χ1v) is 8.20. The Hall–Kier alpha value is -0.190. The maximum atomic E-state index is 6.50. The smallest absolute Gasteiger partial charge is 0.125 e. The molecular formula is C17H27Cl3N2O. The molecule has 1 N–H and O–H groups in total. The summed E-state index contributed by atoms with van der Waals surface area (Å²) in [6, 6.07) is 2.52. The van der Waals surface area contributed by atoms with Crippen molar-refractivity contribution in [3.63, 3.8) is 0 Å². The number of ether oxygens (including phenoxy) is 1. The molecular weight excluding hydrogens is 355 g/mol. The first kappa shape index (κ1) is 20.9. The summed E-state index contributed by atoms with van der Waals surface area (Å²) in [7, 11) is 0. The summed E-state index contributed by atoms with van der Waals surface area (Å²) >= 11 is 6.50. The van der Waals surface area contributed by atoms with Gasteiger partial charge < -0.3 is 10.1 Å². The molecule has 0 radical (unpaired) electrons. The van der Waals surface area contributed by atoms with Crippen molar-refractivity contribution >= 4 is 36.4 Å². The maximum Gasteiger partial charge on any atom is 0.125 e. The number of halogens is 3. The molecule has 2 aliphatic rings. The lowest BCUT2D eigenvalue weighted by Gasteiger charge is -2.44. The number of aryl methyl sites for hydroxylation is 1. The van der Waals surface area contributed by atoms with Crippen LogP contribution in [0.5, 0.6) is 5.75 Å². The third-order valence-corrected chi connectivity index (χ3v) is 5.27. The number of rotatable bonds is 1. The predicted octanol–water partition coefficient (Wildman–Crippen LogP) is 4.31. The van der Waals surface area contributed by atoms with E-state index in [1.54, 1.807) is 0 Å². The topological polar surface area (TPSA) is 24.5 Å². The van der Waals surface area contributed by atoms with Gasteiger partial charge in [-0.2, -0.15) is 0 Å². The molecule has 0 aromatic heterocycles. The lowest BCUT2D eigenvalue weighted by atomic mass is 9.85. The van der Waals surface area contributed by atoms with Crippen LogP contribution in [0, 0.1) is 13.8 Å². The van der Waals surface area contributed by atoms with Gasteiger partial charge in [0.25, 0.3) is 0 Å². The van der Waals surface area contributed by atoms with Crippen molar-refractivity contribution in [2.75, 3.05) is 26.2 Å². The summed E-state index contributed by atoms with van der Waals surface area (Å²) in [5.74, 6) is 1.02. The summed E-state index contributed by atoms with van der Waals surface area (Å²) in [6.45, 7) is 12.9. The number of nitrogens with one attached hydrogen (secondary N) is 1. The number of benzene rings is 1. The van der Waals surface area contributed by atoms with Crippen molar-refractivity contribution < 1.29 is 4.74 Å². The minimum Gasteiger partial charge on any atom is -0.487 e. The van der Waals surface area contributed by atoms with E-state index in [0.717, 1.165) is 48.9 Å². The Morgan fingerprint density at radius 3 is 2.43 bits per heavy atom. The molecule has 1 atom stereocenters. The van der Waals surface area contributed by atoms with Crippen LogP contribution in [0.4, 0.5) is 0 Å². The van der Waals surface area contributed by atoms with Crippen molar-refractivity contribution in [3.8, 4) is 5.75 Å². The molecule has 1 saturated heterocycles. The molecule has 0 saturated carbocycles. The lowest BCUT2D eigenvalue weighted by molar-refractivity contribution is 0.0255. The van der Waals surface area contributed by atoms with Gasteiger partial charge in [0.2, 0.25) is 0 Å². The van der Waals surface area contributed by atoms with E-state index in [-0.39, 0.29) is 30.4 Å². The highest BCUT2D eigenvalue weighted by Crippen LogP contribution is 2.46. The van der Waals surface area contributed by atoms with Crippen LogP contribution in [0.1, 0.15) is 43.0 Å². The van der Waals surface area contributed by atoms with Gasteiger partial charge in [-0.05, 0) is 44.9 Å². The Balaban J connectivity index is 0.00000132. The van der Waals surface area contributed by atoms with E-state index >= 15 is 0 Å². The van der Waals surface area contributed by atoms with Crippen LogP contribution in [0.3, 0.4) is 0 Å².